The summed E-state index contributed by atoms with van der Waals surface area (Å²) in [7, 11) is 1.27. The van der Waals surface area contributed by atoms with E-state index < -0.39 is 17.9 Å². The largest absolute Gasteiger partial charge is 0.467 e. The van der Waals surface area contributed by atoms with Crippen molar-refractivity contribution in [2.45, 2.75) is 45.6 Å². The Morgan fingerprint density at radius 1 is 1.17 bits per heavy atom. The van der Waals surface area contributed by atoms with Crippen LogP contribution < -0.4 is 4.90 Å². The van der Waals surface area contributed by atoms with Crippen LogP contribution in [0.25, 0.3) is 5.57 Å². The van der Waals surface area contributed by atoms with Gasteiger partial charge >= 0.3 is 5.97 Å². The highest BCUT2D eigenvalue weighted by Crippen LogP contribution is 2.45. The van der Waals surface area contributed by atoms with E-state index in [0.29, 0.717) is 12.1 Å². The molecule has 0 aliphatic carbocycles. The normalized spacial score (nSPS) is 19.8. The Labute approximate surface area is 180 Å². The van der Waals surface area contributed by atoms with Gasteiger partial charge in [-0.25, -0.2) is 4.79 Å². The zero-order valence-corrected chi connectivity index (χ0v) is 18.4. The number of amides is 2. The lowest BCUT2D eigenvalue weighted by Gasteiger charge is -2.20. The Bertz CT molecular complexity index is 896. The highest BCUT2D eigenvalue weighted by Gasteiger charge is 2.44. The van der Waals surface area contributed by atoms with Crippen LogP contribution in [0.4, 0.5) is 5.69 Å². The molecule has 2 heterocycles. The molecule has 2 aliphatic heterocycles. The second-order valence-corrected chi connectivity index (χ2v) is 8.63. The number of rotatable bonds is 7. The number of fused-ring (bicyclic) bond motifs is 1. The average molecular weight is 433 g/mol. The molecular weight excluding hydrogens is 408 g/mol. The molecule has 3 rings (SSSR count). The van der Waals surface area contributed by atoms with E-state index in [2.05, 4.69) is 6.92 Å². The van der Waals surface area contributed by atoms with Crippen molar-refractivity contribution < 1.29 is 19.1 Å². The Hall–Kier alpha value is -2.19. The number of unbranched alkanes of at least 4 members (excludes halogenated alkanes) is 3. The van der Waals surface area contributed by atoms with Crippen LogP contribution in [-0.2, 0) is 19.1 Å². The van der Waals surface area contributed by atoms with Crippen LogP contribution in [0.3, 0.4) is 0 Å². The molecule has 0 spiro atoms. The van der Waals surface area contributed by atoms with E-state index in [-0.39, 0.29) is 15.1 Å². The number of hydrogen-bond acceptors (Lipinski definition) is 6. The van der Waals surface area contributed by atoms with Crippen molar-refractivity contribution in [3.63, 3.8) is 0 Å². The lowest BCUT2D eigenvalue weighted by molar-refractivity contribution is -0.147. The summed E-state index contributed by atoms with van der Waals surface area (Å²) in [6.45, 7) is 4.32. The number of nitrogens with zero attached hydrogens (tertiary/aromatic N) is 2. The predicted molar refractivity (Wildman–Crippen MR) is 118 cm³/mol. The van der Waals surface area contributed by atoms with Crippen molar-refractivity contribution in [3.8, 4) is 0 Å². The number of ether oxygens (including phenoxy) is 1. The third-order valence-electron chi connectivity index (χ3n) is 5.11. The van der Waals surface area contributed by atoms with Gasteiger partial charge in [0.05, 0.1) is 23.3 Å². The number of thioether (sulfide) groups is 1. The molecule has 8 heteroatoms. The smallest absolute Gasteiger partial charge is 0.328 e. The fourth-order valence-corrected chi connectivity index (χ4v) is 5.05. The molecule has 0 bridgehead atoms. The van der Waals surface area contributed by atoms with Crippen molar-refractivity contribution in [3.05, 3.63) is 34.7 Å². The Morgan fingerprint density at radius 3 is 2.59 bits per heavy atom. The van der Waals surface area contributed by atoms with Gasteiger partial charge in [-0.2, -0.15) is 0 Å². The Balaban J connectivity index is 1.96. The molecule has 2 aliphatic rings. The molecule has 1 atom stereocenters. The van der Waals surface area contributed by atoms with E-state index in [1.807, 2.05) is 24.3 Å². The topological polar surface area (TPSA) is 66.9 Å². The predicted octanol–water partition coefficient (Wildman–Crippen LogP) is 3.75. The molecule has 1 aromatic carbocycles. The van der Waals surface area contributed by atoms with Crippen molar-refractivity contribution in [2.24, 2.45) is 0 Å². The van der Waals surface area contributed by atoms with Crippen LogP contribution >= 0.6 is 24.0 Å². The molecule has 0 saturated carbocycles. The van der Waals surface area contributed by atoms with Gasteiger partial charge in [0, 0.05) is 12.1 Å². The number of anilines is 1. The fourth-order valence-electron chi connectivity index (χ4n) is 3.56. The molecular formula is C21H24N2O4S2. The zero-order chi connectivity index (χ0) is 21.1. The maximum absolute atomic E-state index is 13.3. The fraction of sp³-hybridized carbons (Fsp3) is 0.429. The van der Waals surface area contributed by atoms with E-state index in [0.717, 1.165) is 48.7 Å². The third-order valence-corrected chi connectivity index (χ3v) is 6.52. The van der Waals surface area contributed by atoms with Crippen molar-refractivity contribution >= 4 is 57.3 Å². The zero-order valence-electron chi connectivity index (χ0n) is 16.8. The summed E-state index contributed by atoms with van der Waals surface area (Å²) in [5.41, 5.74) is 1.92. The van der Waals surface area contributed by atoms with Crippen LogP contribution in [0.15, 0.2) is 29.2 Å². The standard InChI is InChI=1S/C21H24N2O4S2/c1-4-5-6-9-12-22-15-11-8-7-10-14(15)16(18(22)24)17-19(25)23(21(28)29-17)13(2)20(26)27-3/h7-8,10-11,13H,4-6,9,12H2,1-3H3/b17-16-. The van der Waals surface area contributed by atoms with Crippen molar-refractivity contribution in [1.29, 1.82) is 0 Å². The summed E-state index contributed by atoms with van der Waals surface area (Å²) in [6, 6.07) is 6.65. The summed E-state index contributed by atoms with van der Waals surface area (Å²) in [6.07, 6.45) is 4.20. The van der Waals surface area contributed by atoms with Crippen molar-refractivity contribution in [2.75, 3.05) is 18.6 Å². The number of carbonyl (C=O) groups is 3. The number of benzene rings is 1. The minimum atomic E-state index is -0.845. The molecule has 2 amide bonds. The first-order valence-electron chi connectivity index (χ1n) is 9.71. The molecule has 154 valence electrons. The molecule has 1 unspecified atom stereocenters. The lowest BCUT2D eigenvalue weighted by atomic mass is 10.1. The first-order chi connectivity index (χ1) is 13.9. The maximum Gasteiger partial charge on any atom is 0.328 e. The SMILES string of the molecule is CCCCCCN1C(=O)/C(=C2\SC(=S)N(C(C)C(=O)OC)C2=O)c2ccccc21. The summed E-state index contributed by atoms with van der Waals surface area (Å²) in [5.74, 6) is -1.17. The van der Waals surface area contributed by atoms with Gasteiger partial charge in [0.1, 0.15) is 10.4 Å². The molecule has 1 aromatic rings. The summed E-state index contributed by atoms with van der Waals surface area (Å²) < 4.78 is 5.00. The number of methoxy groups -OCH3 is 1. The molecule has 0 radical (unpaired) electrons. The molecule has 29 heavy (non-hydrogen) atoms. The van der Waals surface area contributed by atoms with Gasteiger partial charge in [-0.05, 0) is 19.4 Å². The summed E-state index contributed by atoms with van der Waals surface area (Å²) in [5, 5.41) is 0. The van der Waals surface area contributed by atoms with Crippen LogP contribution in [0, 0.1) is 0 Å². The number of thiocarbonyl (C=S) groups is 1. The van der Waals surface area contributed by atoms with E-state index in [1.165, 1.54) is 12.0 Å². The van der Waals surface area contributed by atoms with Gasteiger partial charge in [0.15, 0.2) is 0 Å². The van der Waals surface area contributed by atoms with Crippen LogP contribution in [-0.4, -0.2) is 46.7 Å². The quantitative estimate of drug-likeness (QED) is 0.283. The van der Waals surface area contributed by atoms with Crippen LogP contribution in [0.1, 0.15) is 45.1 Å². The van der Waals surface area contributed by atoms with Gasteiger partial charge in [-0.3, -0.25) is 14.5 Å². The maximum atomic E-state index is 13.3. The molecule has 1 fully saturated rings. The first kappa shape index (κ1) is 21.5. The first-order valence-corrected chi connectivity index (χ1v) is 10.9. The van der Waals surface area contributed by atoms with Gasteiger partial charge in [0.2, 0.25) is 0 Å². The molecule has 6 nitrogen and oxygen atoms in total. The summed E-state index contributed by atoms with van der Waals surface area (Å²) in [4.78, 5) is 41.6. The van der Waals surface area contributed by atoms with Gasteiger partial charge in [-0.1, -0.05) is 68.4 Å². The molecule has 0 aromatic heterocycles. The number of hydrogen-bond donors (Lipinski definition) is 0. The van der Waals surface area contributed by atoms with Gasteiger partial charge in [0.25, 0.3) is 11.8 Å². The lowest BCUT2D eigenvalue weighted by Crippen LogP contribution is -2.42. The monoisotopic (exact) mass is 432 g/mol. The highest BCUT2D eigenvalue weighted by atomic mass is 32.2. The third kappa shape index (κ3) is 3.96. The second-order valence-electron chi connectivity index (χ2n) is 6.98. The highest BCUT2D eigenvalue weighted by molar-refractivity contribution is 8.26. The molecule has 0 N–H and O–H groups in total. The van der Waals surface area contributed by atoms with Crippen LogP contribution in [0.2, 0.25) is 0 Å². The van der Waals surface area contributed by atoms with E-state index in [9.17, 15) is 14.4 Å². The minimum Gasteiger partial charge on any atom is -0.467 e. The number of carbonyl (C=O) groups excluding carboxylic acids is 3. The van der Waals surface area contributed by atoms with E-state index in [4.69, 9.17) is 17.0 Å². The summed E-state index contributed by atoms with van der Waals surface area (Å²) >= 11 is 6.41. The van der Waals surface area contributed by atoms with Crippen LogP contribution in [0.5, 0.6) is 0 Å². The van der Waals surface area contributed by atoms with E-state index in [1.54, 1.807) is 11.8 Å². The Morgan fingerprint density at radius 2 is 1.90 bits per heavy atom. The number of esters is 1. The van der Waals surface area contributed by atoms with Gasteiger partial charge < -0.3 is 9.64 Å². The second kappa shape index (κ2) is 9.09. The van der Waals surface area contributed by atoms with E-state index >= 15 is 0 Å². The number of para-hydroxylation sites is 1. The van der Waals surface area contributed by atoms with Gasteiger partial charge in [-0.15, -0.1) is 0 Å². The average Bonchev–Trinajstić information content (AvgIpc) is 3.16. The van der Waals surface area contributed by atoms with Crippen molar-refractivity contribution in [1.82, 2.24) is 4.90 Å². The molecule has 1 saturated heterocycles. The minimum absolute atomic E-state index is 0.186. The Kier molecular flexibility index (Phi) is 6.74.